The lowest BCUT2D eigenvalue weighted by molar-refractivity contribution is -0.145. The van der Waals surface area contributed by atoms with Crippen molar-refractivity contribution < 1.29 is 13.2 Å². The molecule has 82 valence electrons. The first-order valence-corrected chi connectivity index (χ1v) is 4.97. The minimum absolute atomic E-state index is 0. The maximum atomic E-state index is 11.9. The Bertz CT molecular complexity index is 119. The molecule has 0 aliphatic rings. The van der Waals surface area contributed by atoms with Crippen LogP contribution in [0.25, 0.3) is 0 Å². The number of rotatable bonds is 5. The number of halogens is 5. The normalized spacial score (nSPS) is 11.5. The highest BCUT2D eigenvalue weighted by molar-refractivity contribution is 9.09. The van der Waals surface area contributed by atoms with E-state index in [-0.39, 0.29) is 17.0 Å². The lowest BCUT2D eigenvalue weighted by Crippen LogP contribution is -2.34. The second kappa shape index (κ2) is 8.05. The number of nitrogens with zero attached hydrogens (tertiary/aromatic N) is 1. The van der Waals surface area contributed by atoms with Crippen LogP contribution in [0.5, 0.6) is 0 Å². The van der Waals surface area contributed by atoms with Gasteiger partial charge in [0.25, 0.3) is 0 Å². The van der Waals surface area contributed by atoms with E-state index in [9.17, 15) is 13.2 Å². The molecule has 6 heteroatoms. The molecule has 0 aromatic carbocycles. The van der Waals surface area contributed by atoms with Crippen molar-refractivity contribution in [2.75, 3.05) is 25.0 Å². The van der Waals surface area contributed by atoms with E-state index >= 15 is 0 Å². The van der Waals surface area contributed by atoms with Gasteiger partial charge in [-0.15, -0.1) is 17.0 Å². The van der Waals surface area contributed by atoms with Gasteiger partial charge in [-0.2, -0.15) is 13.2 Å². The van der Waals surface area contributed by atoms with Gasteiger partial charge < -0.3 is 0 Å². The Hall–Kier alpha value is 0.710. The minimum Gasteiger partial charge on any atom is -0.295 e. The first kappa shape index (κ1) is 16.2. The Kier molecular flexibility index (Phi) is 10.0. The number of hydrogen-bond acceptors (Lipinski definition) is 1. The van der Waals surface area contributed by atoms with Gasteiger partial charge >= 0.3 is 6.18 Å². The molecule has 0 amide bonds. The van der Waals surface area contributed by atoms with Crippen LogP contribution in [0.4, 0.5) is 13.2 Å². The smallest absolute Gasteiger partial charge is 0.295 e. The fraction of sp³-hybridized carbons (Fsp3) is 1.00. The third kappa shape index (κ3) is 10.6. The molecule has 13 heavy (non-hydrogen) atoms. The molecule has 0 aliphatic heterocycles. The van der Waals surface area contributed by atoms with Gasteiger partial charge in [0.05, 0.1) is 6.54 Å². The topological polar surface area (TPSA) is 3.24 Å². The zero-order valence-corrected chi connectivity index (χ0v) is 10.7. The summed E-state index contributed by atoms with van der Waals surface area (Å²) in [6, 6.07) is 0. The maximum absolute atomic E-state index is 11.9. The molecular formula is C7H14Br2F3N. The summed E-state index contributed by atoms with van der Waals surface area (Å²) in [6.45, 7) is 1.89. The molecule has 0 saturated heterocycles. The molecule has 1 nitrogen and oxygen atoms in total. The zero-order valence-electron chi connectivity index (χ0n) is 7.40. The molecule has 0 aromatic heterocycles. The molecule has 0 saturated carbocycles. The Morgan fingerprint density at radius 2 is 1.85 bits per heavy atom. The molecule has 0 fully saturated rings. The summed E-state index contributed by atoms with van der Waals surface area (Å²) in [4.78, 5) is 1.39. The third-order valence-electron chi connectivity index (χ3n) is 1.46. The van der Waals surface area contributed by atoms with Crippen molar-refractivity contribution in [3.05, 3.63) is 0 Å². The predicted molar refractivity (Wildman–Crippen MR) is 56.9 cm³/mol. The Morgan fingerprint density at radius 1 is 1.31 bits per heavy atom. The van der Waals surface area contributed by atoms with Crippen molar-refractivity contribution in [3.8, 4) is 0 Å². The molecule has 0 N–H and O–H groups in total. The summed E-state index contributed by atoms with van der Waals surface area (Å²) in [7, 11) is 0. The van der Waals surface area contributed by atoms with Crippen LogP contribution in [0.2, 0.25) is 0 Å². The van der Waals surface area contributed by atoms with Crippen molar-refractivity contribution >= 4 is 32.9 Å². The molecular weight excluding hydrogens is 315 g/mol. The average molecular weight is 329 g/mol. The fourth-order valence-electron chi connectivity index (χ4n) is 0.886. The molecule has 0 atom stereocenters. The van der Waals surface area contributed by atoms with Crippen molar-refractivity contribution in [1.29, 1.82) is 0 Å². The largest absolute Gasteiger partial charge is 0.401 e. The van der Waals surface area contributed by atoms with Gasteiger partial charge in [-0.1, -0.05) is 22.9 Å². The van der Waals surface area contributed by atoms with E-state index in [2.05, 4.69) is 15.9 Å². The Labute approximate surface area is 95.6 Å². The van der Waals surface area contributed by atoms with Gasteiger partial charge in [0, 0.05) is 5.33 Å². The first-order chi connectivity index (χ1) is 5.49. The highest BCUT2D eigenvalue weighted by Gasteiger charge is 2.29. The summed E-state index contributed by atoms with van der Waals surface area (Å²) in [5, 5.41) is 0.751. The van der Waals surface area contributed by atoms with Crippen molar-refractivity contribution in [2.24, 2.45) is 0 Å². The van der Waals surface area contributed by atoms with Crippen LogP contribution in [0.15, 0.2) is 0 Å². The number of alkyl halides is 4. The quantitative estimate of drug-likeness (QED) is 0.700. The summed E-state index contributed by atoms with van der Waals surface area (Å²) < 4.78 is 35.6. The van der Waals surface area contributed by atoms with Crippen LogP contribution in [-0.4, -0.2) is 36.0 Å². The molecule has 0 aliphatic carbocycles. The standard InChI is InChI=1S/C7H13BrF3N.BrH/c1-2-12(5-3-4-8)6-7(9,10)11;/h2-6H2,1H3;1H. The molecule has 0 bridgehead atoms. The first-order valence-electron chi connectivity index (χ1n) is 3.84. The summed E-state index contributed by atoms with van der Waals surface area (Å²) >= 11 is 3.18. The van der Waals surface area contributed by atoms with Crippen LogP contribution < -0.4 is 0 Å². The van der Waals surface area contributed by atoms with Crippen molar-refractivity contribution in [3.63, 3.8) is 0 Å². The second-order valence-electron chi connectivity index (χ2n) is 2.53. The van der Waals surface area contributed by atoms with Crippen LogP contribution >= 0.6 is 32.9 Å². The highest BCUT2D eigenvalue weighted by Crippen LogP contribution is 2.16. The second-order valence-corrected chi connectivity index (χ2v) is 3.32. The molecule has 0 unspecified atom stereocenters. The maximum Gasteiger partial charge on any atom is 0.401 e. The van der Waals surface area contributed by atoms with E-state index in [1.807, 2.05) is 0 Å². The molecule has 0 spiro atoms. The van der Waals surface area contributed by atoms with Gasteiger partial charge in [0.15, 0.2) is 0 Å². The van der Waals surface area contributed by atoms with Crippen LogP contribution in [-0.2, 0) is 0 Å². The Balaban J connectivity index is 0. The van der Waals surface area contributed by atoms with E-state index in [0.29, 0.717) is 13.1 Å². The van der Waals surface area contributed by atoms with Gasteiger partial charge in [-0.3, -0.25) is 4.90 Å². The summed E-state index contributed by atoms with van der Waals surface area (Å²) in [6.07, 6.45) is -3.31. The van der Waals surface area contributed by atoms with Crippen LogP contribution in [0.1, 0.15) is 13.3 Å². The van der Waals surface area contributed by atoms with Gasteiger partial charge in [0.1, 0.15) is 0 Å². The van der Waals surface area contributed by atoms with Crippen molar-refractivity contribution in [2.45, 2.75) is 19.5 Å². The van der Waals surface area contributed by atoms with E-state index in [0.717, 1.165) is 11.8 Å². The average Bonchev–Trinajstić information content (AvgIpc) is 1.95. The van der Waals surface area contributed by atoms with Crippen molar-refractivity contribution in [1.82, 2.24) is 4.90 Å². The van der Waals surface area contributed by atoms with Gasteiger partial charge in [0.2, 0.25) is 0 Å². The molecule has 0 rings (SSSR count). The summed E-state index contributed by atoms with van der Waals surface area (Å²) in [5.74, 6) is 0. The lowest BCUT2D eigenvalue weighted by Gasteiger charge is -2.21. The summed E-state index contributed by atoms with van der Waals surface area (Å²) in [5.41, 5.74) is 0. The fourth-order valence-corrected chi connectivity index (χ4v) is 1.14. The molecule has 0 heterocycles. The predicted octanol–water partition coefficient (Wildman–Crippen LogP) is 3.23. The monoisotopic (exact) mass is 327 g/mol. The lowest BCUT2D eigenvalue weighted by atomic mass is 10.4. The Morgan fingerprint density at radius 3 is 2.15 bits per heavy atom. The molecule has 0 aromatic rings. The minimum atomic E-state index is -4.07. The SMILES string of the molecule is Br.CCN(CCCBr)CC(F)(F)F. The number of hydrogen-bond donors (Lipinski definition) is 0. The third-order valence-corrected chi connectivity index (χ3v) is 2.02. The highest BCUT2D eigenvalue weighted by atomic mass is 79.9. The van der Waals surface area contributed by atoms with E-state index in [4.69, 9.17) is 0 Å². The van der Waals surface area contributed by atoms with Crippen LogP contribution in [0, 0.1) is 0 Å². The van der Waals surface area contributed by atoms with E-state index in [1.54, 1.807) is 6.92 Å². The van der Waals surface area contributed by atoms with E-state index in [1.165, 1.54) is 4.90 Å². The zero-order chi connectivity index (χ0) is 9.61. The van der Waals surface area contributed by atoms with E-state index < -0.39 is 12.7 Å². The van der Waals surface area contributed by atoms with Crippen LogP contribution in [0.3, 0.4) is 0 Å². The van der Waals surface area contributed by atoms with Gasteiger partial charge in [-0.05, 0) is 19.5 Å². The molecule has 0 radical (unpaired) electrons. The van der Waals surface area contributed by atoms with Gasteiger partial charge in [-0.25, -0.2) is 0 Å².